The molecule has 1 aliphatic heterocycles. The minimum Gasteiger partial charge on any atom is -0.444 e. The van der Waals surface area contributed by atoms with Gasteiger partial charge < -0.3 is 25.0 Å². The van der Waals surface area contributed by atoms with Crippen LogP contribution in [0, 0.1) is 17.2 Å². The third-order valence-corrected chi connectivity index (χ3v) is 5.85. The van der Waals surface area contributed by atoms with Crippen molar-refractivity contribution in [2.24, 2.45) is 5.92 Å². The molecule has 2 aliphatic rings. The van der Waals surface area contributed by atoms with E-state index < -0.39 is 41.2 Å². The fourth-order valence-corrected chi connectivity index (χ4v) is 4.01. The van der Waals surface area contributed by atoms with Crippen molar-refractivity contribution >= 4 is 17.9 Å². The summed E-state index contributed by atoms with van der Waals surface area (Å²) < 4.78 is 47.6. The number of halogens is 3. The van der Waals surface area contributed by atoms with Crippen LogP contribution in [0.3, 0.4) is 0 Å². The molecule has 36 heavy (non-hydrogen) atoms. The minimum absolute atomic E-state index is 0.0141. The molecule has 2 N–H and O–H groups in total. The molecule has 3 rings (SSSR count). The SMILES string of the molecule is CC(C)(C)OC(=O)NC1(C(=O)N2CCC[C@@H](C(=O)NCc3ccc(C#N)cc3OC(F)(F)F)C2)CC1. The number of carbonyl (C=O) groups is 3. The molecule has 1 aromatic rings. The molecule has 1 heterocycles. The number of likely N-dealkylation sites (tertiary alicyclic amines) is 1. The molecule has 0 radical (unpaired) electrons. The lowest BCUT2D eigenvalue weighted by molar-refractivity contribution is -0.274. The molecule has 0 bridgehead atoms. The van der Waals surface area contributed by atoms with E-state index in [0.29, 0.717) is 32.2 Å². The second-order valence-electron chi connectivity index (χ2n) is 10.00. The van der Waals surface area contributed by atoms with E-state index in [4.69, 9.17) is 10.00 Å². The number of piperidine rings is 1. The van der Waals surface area contributed by atoms with Crippen molar-refractivity contribution in [3.63, 3.8) is 0 Å². The van der Waals surface area contributed by atoms with Crippen LogP contribution in [0.2, 0.25) is 0 Å². The first-order valence-electron chi connectivity index (χ1n) is 11.6. The van der Waals surface area contributed by atoms with E-state index >= 15 is 0 Å². The first-order valence-corrected chi connectivity index (χ1v) is 11.6. The summed E-state index contributed by atoms with van der Waals surface area (Å²) in [5, 5.41) is 14.2. The average molecular weight is 511 g/mol. The van der Waals surface area contributed by atoms with Gasteiger partial charge in [-0.3, -0.25) is 9.59 Å². The predicted molar refractivity (Wildman–Crippen MR) is 120 cm³/mol. The number of nitrogens with one attached hydrogen (secondary N) is 2. The summed E-state index contributed by atoms with van der Waals surface area (Å²) in [5.74, 6) is -1.82. The molecule has 1 aliphatic carbocycles. The zero-order valence-electron chi connectivity index (χ0n) is 20.3. The molecule has 1 atom stereocenters. The molecular weight excluding hydrogens is 481 g/mol. The van der Waals surface area contributed by atoms with Gasteiger partial charge in [0, 0.05) is 25.2 Å². The largest absolute Gasteiger partial charge is 0.573 e. The van der Waals surface area contributed by atoms with Crippen LogP contribution in [0.1, 0.15) is 57.6 Å². The van der Waals surface area contributed by atoms with E-state index in [-0.39, 0.29) is 30.1 Å². The van der Waals surface area contributed by atoms with E-state index in [1.54, 1.807) is 26.8 Å². The Hall–Kier alpha value is -3.49. The van der Waals surface area contributed by atoms with Crippen LogP contribution in [0.25, 0.3) is 0 Å². The van der Waals surface area contributed by atoms with Crippen LogP contribution in [-0.2, 0) is 20.9 Å². The Morgan fingerprint density at radius 1 is 1.22 bits per heavy atom. The maximum atomic E-state index is 13.1. The van der Waals surface area contributed by atoms with E-state index in [9.17, 15) is 27.6 Å². The van der Waals surface area contributed by atoms with Gasteiger partial charge in [-0.15, -0.1) is 13.2 Å². The first kappa shape index (κ1) is 27.1. The zero-order chi connectivity index (χ0) is 26.7. The van der Waals surface area contributed by atoms with Gasteiger partial charge in [0.2, 0.25) is 11.8 Å². The monoisotopic (exact) mass is 510 g/mol. The van der Waals surface area contributed by atoms with Crippen molar-refractivity contribution < 1.29 is 37.0 Å². The van der Waals surface area contributed by atoms with E-state index in [0.717, 1.165) is 6.07 Å². The van der Waals surface area contributed by atoms with E-state index in [1.165, 1.54) is 17.0 Å². The highest BCUT2D eigenvalue weighted by molar-refractivity contribution is 5.93. The van der Waals surface area contributed by atoms with Crippen LogP contribution in [0.5, 0.6) is 5.75 Å². The third kappa shape index (κ3) is 7.26. The van der Waals surface area contributed by atoms with Gasteiger partial charge in [0.25, 0.3) is 0 Å². The van der Waals surface area contributed by atoms with Crippen LogP contribution < -0.4 is 15.4 Å². The molecule has 0 aromatic heterocycles. The minimum atomic E-state index is -4.96. The Morgan fingerprint density at radius 3 is 2.50 bits per heavy atom. The number of nitriles is 1. The van der Waals surface area contributed by atoms with Crippen molar-refractivity contribution in [1.82, 2.24) is 15.5 Å². The summed E-state index contributed by atoms with van der Waals surface area (Å²) >= 11 is 0. The summed E-state index contributed by atoms with van der Waals surface area (Å²) in [6.07, 6.45) is -3.63. The normalized spacial score (nSPS) is 19.0. The Bertz CT molecular complexity index is 1060. The van der Waals surface area contributed by atoms with Crippen molar-refractivity contribution in [3.05, 3.63) is 29.3 Å². The zero-order valence-corrected chi connectivity index (χ0v) is 20.3. The quantitative estimate of drug-likeness (QED) is 0.606. The summed E-state index contributed by atoms with van der Waals surface area (Å²) in [4.78, 5) is 39.7. The maximum absolute atomic E-state index is 13.1. The molecule has 1 saturated carbocycles. The van der Waals surface area contributed by atoms with Gasteiger partial charge in [-0.1, -0.05) is 6.07 Å². The Labute approximate surface area is 206 Å². The van der Waals surface area contributed by atoms with Crippen molar-refractivity contribution in [2.45, 2.75) is 70.5 Å². The third-order valence-electron chi connectivity index (χ3n) is 5.85. The highest BCUT2D eigenvalue weighted by atomic mass is 19.4. The fraction of sp³-hybridized carbons (Fsp3) is 0.583. The molecule has 196 valence electrons. The van der Waals surface area contributed by atoms with Crippen LogP contribution in [-0.4, -0.2) is 53.4 Å². The fourth-order valence-electron chi connectivity index (χ4n) is 4.01. The topological polar surface area (TPSA) is 121 Å². The van der Waals surface area contributed by atoms with E-state index in [2.05, 4.69) is 15.4 Å². The number of alkyl halides is 3. The number of benzene rings is 1. The predicted octanol–water partition coefficient (Wildman–Crippen LogP) is 3.37. The number of alkyl carbamates (subject to hydrolysis) is 1. The average Bonchev–Trinajstić information content (AvgIpc) is 3.55. The smallest absolute Gasteiger partial charge is 0.444 e. The number of carbonyl (C=O) groups excluding carboxylic acids is 3. The lowest BCUT2D eigenvalue weighted by Crippen LogP contribution is -2.55. The molecule has 12 heteroatoms. The number of amides is 3. The maximum Gasteiger partial charge on any atom is 0.573 e. The molecule has 0 spiro atoms. The van der Waals surface area contributed by atoms with Crippen LogP contribution >= 0.6 is 0 Å². The van der Waals surface area contributed by atoms with Gasteiger partial charge in [-0.2, -0.15) is 5.26 Å². The number of ether oxygens (including phenoxy) is 2. The second-order valence-corrected chi connectivity index (χ2v) is 10.00. The van der Waals surface area contributed by atoms with Gasteiger partial charge in [0.1, 0.15) is 16.9 Å². The van der Waals surface area contributed by atoms with Gasteiger partial charge in [-0.25, -0.2) is 4.79 Å². The van der Waals surface area contributed by atoms with Crippen LogP contribution in [0.4, 0.5) is 18.0 Å². The van der Waals surface area contributed by atoms with Gasteiger partial charge in [-0.05, 0) is 58.6 Å². The Kier molecular flexibility index (Phi) is 7.71. The second kappa shape index (κ2) is 10.2. The van der Waals surface area contributed by atoms with Crippen molar-refractivity contribution in [2.75, 3.05) is 13.1 Å². The van der Waals surface area contributed by atoms with Crippen LogP contribution in [0.15, 0.2) is 18.2 Å². The molecule has 1 saturated heterocycles. The lowest BCUT2D eigenvalue weighted by atomic mass is 9.96. The molecule has 9 nitrogen and oxygen atoms in total. The van der Waals surface area contributed by atoms with Gasteiger partial charge in [0.15, 0.2) is 0 Å². The number of nitrogens with zero attached hydrogens (tertiary/aromatic N) is 2. The molecule has 2 fully saturated rings. The standard InChI is InChI=1S/C24H29F3N4O5/c1-22(2,3)36-21(34)30-23(8-9-23)20(33)31-10-4-5-17(14-31)19(32)29-13-16-7-6-15(12-28)11-18(16)35-24(25,26)27/h6-7,11,17H,4-5,8-10,13-14H2,1-3H3,(H,29,32)(H,30,34)/t17-/m1/s1. The summed E-state index contributed by atoms with van der Waals surface area (Å²) in [5.41, 5.74) is -1.70. The summed E-state index contributed by atoms with van der Waals surface area (Å²) in [7, 11) is 0. The lowest BCUT2D eigenvalue weighted by Gasteiger charge is -2.35. The summed E-state index contributed by atoms with van der Waals surface area (Å²) in [6, 6.07) is 5.33. The molecular formula is C24H29F3N4O5. The highest BCUT2D eigenvalue weighted by Crippen LogP contribution is 2.38. The summed E-state index contributed by atoms with van der Waals surface area (Å²) in [6.45, 7) is 5.47. The number of hydrogen-bond donors (Lipinski definition) is 2. The van der Waals surface area contributed by atoms with Gasteiger partial charge >= 0.3 is 12.5 Å². The number of rotatable bonds is 6. The highest BCUT2D eigenvalue weighted by Gasteiger charge is 2.54. The van der Waals surface area contributed by atoms with E-state index in [1.807, 2.05) is 0 Å². The molecule has 1 aromatic carbocycles. The Morgan fingerprint density at radius 2 is 1.92 bits per heavy atom. The molecule has 0 unspecified atom stereocenters. The van der Waals surface area contributed by atoms with Gasteiger partial charge in [0.05, 0.1) is 17.6 Å². The molecule has 3 amide bonds. The number of hydrogen-bond acceptors (Lipinski definition) is 6. The van der Waals surface area contributed by atoms with Crippen molar-refractivity contribution in [3.8, 4) is 11.8 Å². The Balaban J connectivity index is 1.60. The first-order chi connectivity index (χ1) is 16.7. The van der Waals surface area contributed by atoms with Crippen molar-refractivity contribution in [1.29, 1.82) is 5.26 Å².